The minimum absolute atomic E-state index is 0.300. The molecule has 0 saturated heterocycles. The number of hydrogen-bond donors (Lipinski definition) is 0. The molecular formula is C24H21F3NO2+. The summed E-state index contributed by atoms with van der Waals surface area (Å²) in [4.78, 5) is 0. The number of hydrogen-bond acceptors (Lipinski definition) is 2. The van der Waals surface area contributed by atoms with Gasteiger partial charge in [-0.25, -0.2) is 17.7 Å². The van der Waals surface area contributed by atoms with Crippen LogP contribution in [0.4, 0.5) is 13.2 Å². The molecule has 154 valence electrons. The quantitative estimate of drug-likeness (QED) is 0.565. The fraction of sp³-hybridized carbons (Fsp3) is 0.208. The zero-order valence-electron chi connectivity index (χ0n) is 16.7. The zero-order valence-corrected chi connectivity index (χ0v) is 16.7. The highest BCUT2D eigenvalue weighted by molar-refractivity contribution is 6.11. The van der Waals surface area contributed by atoms with Crippen molar-refractivity contribution in [3.8, 4) is 11.5 Å². The van der Waals surface area contributed by atoms with Crippen LogP contribution in [0.3, 0.4) is 0 Å². The Morgan fingerprint density at radius 2 is 1.57 bits per heavy atom. The van der Waals surface area contributed by atoms with Crippen LogP contribution in [0.25, 0.3) is 0 Å². The van der Waals surface area contributed by atoms with Gasteiger partial charge in [-0.15, -0.1) is 0 Å². The fourth-order valence-electron chi connectivity index (χ4n) is 3.86. The molecule has 0 atom stereocenters. The lowest BCUT2D eigenvalue weighted by Gasteiger charge is -2.21. The first-order valence-corrected chi connectivity index (χ1v) is 9.57. The highest BCUT2D eigenvalue weighted by Gasteiger charge is 2.30. The summed E-state index contributed by atoms with van der Waals surface area (Å²) in [7, 11) is 3.11. The van der Waals surface area contributed by atoms with Gasteiger partial charge in [-0.05, 0) is 48.0 Å². The summed E-state index contributed by atoms with van der Waals surface area (Å²) in [5.41, 5.74) is 3.55. The van der Waals surface area contributed by atoms with Gasteiger partial charge >= 0.3 is 0 Å². The van der Waals surface area contributed by atoms with Crippen molar-refractivity contribution in [2.45, 2.75) is 13.0 Å². The van der Waals surface area contributed by atoms with E-state index in [-0.39, 0.29) is 5.82 Å². The summed E-state index contributed by atoms with van der Waals surface area (Å²) in [6.07, 6.45) is 0.692. The minimum atomic E-state index is -0.932. The van der Waals surface area contributed by atoms with Gasteiger partial charge in [0.2, 0.25) is 5.71 Å². The van der Waals surface area contributed by atoms with Gasteiger partial charge in [0, 0.05) is 12.0 Å². The van der Waals surface area contributed by atoms with Crippen molar-refractivity contribution in [3.63, 3.8) is 0 Å². The molecule has 3 nitrogen and oxygen atoms in total. The van der Waals surface area contributed by atoms with Gasteiger partial charge in [-0.1, -0.05) is 12.1 Å². The molecule has 0 saturated carbocycles. The molecule has 6 heteroatoms. The molecule has 0 radical (unpaired) electrons. The molecule has 1 aliphatic heterocycles. The molecule has 0 unspecified atom stereocenters. The highest BCUT2D eigenvalue weighted by atomic mass is 19.2. The van der Waals surface area contributed by atoms with Crippen molar-refractivity contribution in [3.05, 3.63) is 94.3 Å². The number of rotatable bonds is 5. The van der Waals surface area contributed by atoms with E-state index in [1.165, 1.54) is 18.2 Å². The molecule has 0 bridgehead atoms. The van der Waals surface area contributed by atoms with Crippen molar-refractivity contribution in [1.82, 2.24) is 0 Å². The lowest BCUT2D eigenvalue weighted by Crippen LogP contribution is -2.31. The molecule has 0 aromatic heterocycles. The van der Waals surface area contributed by atoms with E-state index >= 15 is 0 Å². The predicted molar refractivity (Wildman–Crippen MR) is 108 cm³/mol. The molecule has 3 aromatic carbocycles. The maximum absolute atomic E-state index is 14.3. The van der Waals surface area contributed by atoms with E-state index in [1.54, 1.807) is 32.4 Å². The summed E-state index contributed by atoms with van der Waals surface area (Å²) in [6.45, 7) is 0.889. The average molecular weight is 412 g/mol. The normalized spacial score (nSPS) is 13.2. The monoisotopic (exact) mass is 412 g/mol. The van der Waals surface area contributed by atoms with E-state index in [9.17, 15) is 13.2 Å². The van der Waals surface area contributed by atoms with E-state index in [0.717, 1.165) is 17.2 Å². The summed E-state index contributed by atoms with van der Waals surface area (Å²) >= 11 is 0. The second-order valence-corrected chi connectivity index (χ2v) is 7.10. The second-order valence-electron chi connectivity index (χ2n) is 7.10. The van der Waals surface area contributed by atoms with Crippen LogP contribution in [0.5, 0.6) is 11.5 Å². The van der Waals surface area contributed by atoms with Crippen molar-refractivity contribution < 1.29 is 27.2 Å². The van der Waals surface area contributed by atoms with Crippen molar-refractivity contribution >= 4 is 5.71 Å². The van der Waals surface area contributed by atoms with Crippen molar-refractivity contribution in [2.75, 3.05) is 20.8 Å². The van der Waals surface area contributed by atoms with E-state index in [4.69, 9.17) is 9.47 Å². The van der Waals surface area contributed by atoms with Crippen LogP contribution in [-0.4, -0.2) is 31.1 Å². The second kappa shape index (κ2) is 8.22. The Morgan fingerprint density at radius 3 is 2.27 bits per heavy atom. The Bertz CT molecular complexity index is 1140. The van der Waals surface area contributed by atoms with Crippen LogP contribution >= 0.6 is 0 Å². The number of fused-ring (bicyclic) bond motifs is 1. The third kappa shape index (κ3) is 3.65. The fourth-order valence-corrected chi connectivity index (χ4v) is 3.86. The standard InChI is InChI=1S/C24H21F3NO2/c1-29-22-12-15-9-10-28(14-17-5-3-4-6-19(17)25)24(18(15)13-23(22)30-2)16-7-8-20(26)21(27)11-16/h3-8,11-13H,9-10,14H2,1-2H3/q+1. The minimum Gasteiger partial charge on any atom is -0.493 e. The van der Waals surface area contributed by atoms with Gasteiger partial charge in [0.15, 0.2) is 29.7 Å². The largest absolute Gasteiger partial charge is 0.493 e. The number of benzene rings is 3. The third-order valence-electron chi connectivity index (χ3n) is 5.34. The van der Waals surface area contributed by atoms with Crippen LogP contribution in [0.15, 0.2) is 54.6 Å². The average Bonchev–Trinajstić information content (AvgIpc) is 2.76. The number of nitrogens with zero attached hydrogens (tertiary/aromatic N) is 1. The molecule has 0 fully saturated rings. The molecule has 1 heterocycles. The topological polar surface area (TPSA) is 21.5 Å². The van der Waals surface area contributed by atoms with Gasteiger partial charge < -0.3 is 9.47 Å². The first kappa shape index (κ1) is 20.0. The number of halogens is 3. The van der Waals surface area contributed by atoms with Gasteiger partial charge in [0.05, 0.1) is 25.3 Å². The van der Waals surface area contributed by atoms with E-state index in [2.05, 4.69) is 0 Å². The zero-order chi connectivity index (χ0) is 21.3. The van der Waals surface area contributed by atoms with Gasteiger partial charge in [-0.3, -0.25) is 0 Å². The summed E-state index contributed by atoms with van der Waals surface area (Å²) in [6, 6.07) is 14.1. The third-order valence-corrected chi connectivity index (χ3v) is 5.34. The maximum atomic E-state index is 14.3. The SMILES string of the molecule is COc1cc2c(cc1OC)C(c1ccc(F)c(F)c1)=[N+](Cc1ccccc1F)CC2. The molecule has 4 rings (SSSR count). The van der Waals surface area contributed by atoms with Crippen LogP contribution < -0.4 is 9.47 Å². The Kier molecular flexibility index (Phi) is 5.48. The van der Waals surface area contributed by atoms with E-state index < -0.39 is 11.6 Å². The van der Waals surface area contributed by atoms with Crippen LogP contribution in [0, 0.1) is 17.5 Å². The molecule has 0 aliphatic carbocycles. The maximum Gasteiger partial charge on any atom is 0.215 e. The molecule has 0 amide bonds. The van der Waals surface area contributed by atoms with Gasteiger partial charge in [0.1, 0.15) is 12.4 Å². The summed E-state index contributed by atoms with van der Waals surface area (Å²) < 4.78 is 54.8. The molecule has 1 aliphatic rings. The highest BCUT2D eigenvalue weighted by Crippen LogP contribution is 2.34. The lowest BCUT2D eigenvalue weighted by atomic mass is 9.91. The van der Waals surface area contributed by atoms with Crippen LogP contribution in [0.1, 0.15) is 22.3 Å². The summed E-state index contributed by atoms with van der Waals surface area (Å²) in [5, 5.41) is 0. The molecule has 3 aromatic rings. The van der Waals surface area contributed by atoms with E-state index in [0.29, 0.717) is 47.8 Å². The molecule has 30 heavy (non-hydrogen) atoms. The van der Waals surface area contributed by atoms with Gasteiger partial charge in [-0.2, -0.15) is 0 Å². The van der Waals surface area contributed by atoms with Crippen LogP contribution in [-0.2, 0) is 13.0 Å². The first-order valence-electron chi connectivity index (χ1n) is 9.57. The number of ether oxygens (including phenoxy) is 2. The van der Waals surface area contributed by atoms with Crippen molar-refractivity contribution in [1.29, 1.82) is 0 Å². The smallest absolute Gasteiger partial charge is 0.215 e. The molecular weight excluding hydrogens is 391 g/mol. The first-order chi connectivity index (χ1) is 14.5. The van der Waals surface area contributed by atoms with E-state index in [1.807, 2.05) is 16.7 Å². The van der Waals surface area contributed by atoms with Crippen molar-refractivity contribution in [2.24, 2.45) is 0 Å². The Labute approximate surface area is 173 Å². The Morgan fingerprint density at radius 1 is 0.833 bits per heavy atom. The summed E-state index contributed by atoms with van der Waals surface area (Å²) in [5.74, 6) is -1.02. The Balaban J connectivity index is 1.93. The lowest BCUT2D eigenvalue weighted by molar-refractivity contribution is -0.544. The molecule has 0 N–H and O–H groups in total. The van der Waals surface area contributed by atoms with Crippen LogP contribution in [0.2, 0.25) is 0 Å². The predicted octanol–water partition coefficient (Wildman–Crippen LogP) is 4.73. The number of methoxy groups -OCH3 is 2. The molecule has 0 spiro atoms. The van der Waals surface area contributed by atoms with Gasteiger partial charge in [0.25, 0.3) is 0 Å². The Hall–Kier alpha value is -3.28.